The molecule has 3 aromatic rings. The number of halogens is 7. The third-order valence-corrected chi connectivity index (χ3v) is 7.44. The molecule has 2 amide bonds. The second-order valence-corrected chi connectivity index (χ2v) is 10.6. The molecule has 2 N–H and O–H groups in total. The van der Waals surface area contributed by atoms with Gasteiger partial charge < -0.3 is 15.4 Å². The smallest absolute Gasteiger partial charge is 0.257 e. The Kier molecular flexibility index (Phi) is 7.48. The van der Waals surface area contributed by atoms with Gasteiger partial charge >= 0.3 is 0 Å². The fraction of sp³-hybridized carbons (Fsp3) is 0.167. The van der Waals surface area contributed by atoms with Crippen molar-refractivity contribution in [3.63, 3.8) is 0 Å². The molecule has 5 nitrogen and oxygen atoms in total. The largest absolute Gasteiger partial charge is 0.492 e. The molecule has 1 fully saturated rings. The van der Waals surface area contributed by atoms with E-state index < -0.39 is 45.4 Å². The summed E-state index contributed by atoms with van der Waals surface area (Å²) in [6.45, 7) is 0. The van der Waals surface area contributed by atoms with E-state index in [1.54, 1.807) is 6.07 Å². The van der Waals surface area contributed by atoms with Gasteiger partial charge in [-0.3, -0.25) is 9.59 Å². The number of ether oxygens (including phenoxy) is 1. The van der Waals surface area contributed by atoms with Gasteiger partial charge in [-0.2, -0.15) is 0 Å². The first-order valence-corrected chi connectivity index (χ1v) is 12.1. The van der Waals surface area contributed by atoms with E-state index >= 15 is 0 Å². The van der Waals surface area contributed by atoms with Crippen molar-refractivity contribution in [2.75, 3.05) is 17.7 Å². The van der Waals surface area contributed by atoms with Crippen LogP contribution in [0.3, 0.4) is 0 Å². The first kappa shape index (κ1) is 26.6. The summed E-state index contributed by atoms with van der Waals surface area (Å²) in [7, 11) is 1.32. The Morgan fingerprint density at radius 2 is 1.72 bits per heavy atom. The molecule has 4 rings (SSSR count). The molecule has 1 saturated carbocycles. The molecule has 0 bridgehead atoms. The Labute approximate surface area is 227 Å². The standard InChI is InChI=1S/C24H15BrCl3F3N2O3/c1-36-21-14(25)6-10(7-17(21)31)19-20(24(19,27)28)23(35)32-12-3-4-15(26)13(9-12)22(34)33-18-5-2-11(29)8-16(18)30/h2-9,19-20H,1H3,(H,32,35)(H,33,34)/t19-,20+/m0/s1. The minimum atomic E-state index is -1.50. The summed E-state index contributed by atoms with van der Waals surface area (Å²) in [5.74, 6) is -5.41. The highest BCUT2D eigenvalue weighted by Crippen LogP contribution is 2.65. The zero-order valence-electron chi connectivity index (χ0n) is 18.1. The zero-order chi connectivity index (χ0) is 26.4. The fourth-order valence-electron chi connectivity index (χ4n) is 3.80. The maximum absolute atomic E-state index is 14.4. The lowest BCUT2D eigenvalue weighted by atomic mass is 10.1. The number of nitrogens with one attached hydrogen (secondary N) is 2. The second-order valence-electron chi connectivity index (χ2n) is 7.91. The van der Waals surface area contributed by atoms with Gasteiger partial charge in [0.05, 0.1) is 33.8 Å². The zero-order valence-corrected chi connectivity index (χ0v) is 22.0. The lowest BCUT2D eigenvalue weighted by Gasteiger charge is -2.11. The Balaban J connectivity index is 1.52. The third-order valence-electron chi connectivity index (χ3n) is 5.58. The van der Waals surface area contributed by atoms with Crippen molar-refractivity contribution < 1.29 is 27.5 Å². The first-order valence-electron chi connectivity index (χ1n) is 10.2. The van der Waals surface area contributed by atoms with Gasteiger partial charge in [-0.15, -0.1) is 23.2 Å². The number of rotatable bonds is 6. The summed E-state index contributed by atoms with van der Waals surface area (Å²) in [4.78, 5) is 25.6. The van der Waals surface area contributed by atoms with Crippen LogP contribution in [-0.4, -0.2) is 23.3 Å². The van der Waals surface area contributed by atoms with Gasteiger partial charge in [0.1, 0.15) is 16.0 Å². The van der Waals surface area contributed by atoms with Crippen molar-refractivity contribution >= 4 is 73.9 Å². The van der Waals surface area contributed by atoms with Crippen LogP contribution in [0.2, 0.25) is 5.02 Å². The van der Waals surface area contributed by atoms with Crippen LogP contribution in [0.5, 0.6) is 5.75 Å². The predicted molar refractivity (Wildman–Crippen MR) is 136 cm³/mol. The predicted octanol–water partition coefficient (Wildman–Crippen LogP) is 7.31. The maximum atomic E-state index is 14.4. The first-order chi connectivity index (χ1) is 16.9. The van der Waals surface area contributed by atoms with Gasteiger partial charge in [-0.1, -0.05) is 11.6 Å². The van der Waals surface area contributed by atoms with Crippen molar-refractivity contribution in [2.24, 2.45) is 5.92 Å². The van der Waals surface area contributed by atoms with Crippen molar-refractivity contribution in [1.82, 2.24) is 0 Å². The molecule has 2 atom stereocenters. The lowest BCUT2D eigenvalue weighted by Crippen LogP contribution is -2.18. The molecule has 0 aliphatic heterocycles. The van der Waals surface area contributed by atoms with E-state index in [0.29, 0.717) is 16.1 Å². The molecule has 12 heteroatoms. The quantitative estimate of drug-likeness (QED) is 0.284. The molecule has 0 saturated heterocycles. The van der Waals surface area contributed by atoms with Crippen LogP contribution in [0.15, 0.2) is 53.0 Å². The van der Waals surface area contributed by atoms with Gasteiger partial charge in [-0.25, -0.2) is 13.2 Å². The number of methoxy groups -OCH3 is 1. The molecule has 36 heavy (non-hydrogen) atoms. The van der Waals surface area contributed by atoms with Crippen molar-refractivity contribution in [3.05, 3.63) is 86.6 Å². The number of hydrogen-bond donors (Lipinski definition) is 2. The molecule has 1 aliphatic carbocycles. The number of carbonyl (C=O) groups excluding carboxylic acids is 2. The molecule has 188 valence electrons. The molecular formula is C24H15BrCl3F3N2O3. The average molecular weight is 623 g/mol. The summed E-state index contributed by atoms with van der Waals surface area (Å²) >= 11 is 22.1. The van der Waals surface area contributed by atoms with E-state index in [4.69, 9.17) is 39.5 Å². The molecule has 0 unspecified atom stereocenters. The number of alkyl halides is 2. The van der Waals surface area contributed by atoms with Gasteiger partial charge in [-0.05, 0) is 64.0 Å². The van der Waals surface area contributed by atoms with Crippen molar-refractivity contribution in [3.8, 4) is 5.75 Å². The van der Waals surface area contributed by atoms with E-state index in [1.165, 1.54) is 31.4 Å². The molecular weight excluding hydrogens is 608 g/mol. The van der Waals surface area contributed by atoms with Crippen LogP contribution in [0.25, 0.3) is 0 Å². The summed E-state index contributed by atoms with van der Waals surface area (Å²) in [5.41, 5.74) is 0.253. The number of benzene rings is 3. The topological polar surface area (TPSA) is 67.4 Å². The Morgan fingerprint density at radius 1 is 1.00 bits per heavy atom. The Bertz CT molecular complexity index is 1370. The summed E-state index contributed by atoms with van der Waals surface area (Å²) in [6, 6.07) is 9.53. The maximum Gasteiger partial charge on any atom is 0.257 e. The highest BCUT2D eigenvalue weighted by Gasteiger charge is 2.67. The van der Waals surface area contributed by atoms with Crippen LogP contribution in [0, 0.1) is 23.4 Å². The second kappa shape index (κ2) is 10.1. The number of anilines is 2. The number of amides is 2. The molecule has 3 aromatic carbocycles. The van der Waals surface area contributed by atoms with E-state index in [1.807, 2.05) is 0 Å². The molecule has 1 aliphatic rings. The molecule has 0 heterocycles. The van der Waals surface area contributed by atoms with Crippen LogP contribution in [-0.2, 0) is 4.79 Å². The highest BCUT2D eigenvalue weighted by molar-refractivity contribution is 9.10. The third kappa shape index (κ3) is 5.16. The van der Waals surface area contributed by atoms with Gasteiger partial charge in [0.2, 0.25) is 5.91 Å². The fourth-order valence-corrected chi connectivity index (χ4v) is 5.45. The molecule has 0 radical (unpaired) electrons. The molecule has 0 spiro atoms. The van der Waals surface area contributed by atoms with Gasteiger partial charge in [0.15, 0.2) is 11.6 Å². The highest BCUT2D eigenvalue weighted by atomic mass is 79.9. The SMILES string of the molecule is COc1c(F)cc([C@H]2[C@H](C(=O)Nc3ccc(Cl)c(C(=O)Nc4ccc(F)cc4F)c3)C2(Cl)Cl)cc1Br. The van der Waals surface area contributed by atoms with E-state index in [2.05, 4.69) is 26.6 Å². The summed E-state index contributed by atoms with van der Waals surface area (Å²) < 4.78 is 45.2. The van der Waals surface area contributed by atoms with Gasteiger partial charge in [0.25, 0.3) is 5.91 Å². The Hall–Kier alpha value is -2.46. The van der Waals surface area contributed by atoms with Gasteiger partial charge in [0, 0.05) is 17.7 Å². The van der Waals surface area contributed by atoms with Crippen molar-refractivity contribution in [2.45, 2.75) is 10.3 Å². The van der Waals surface area contributed by atoms with Crippen LogP contribution < -0.4 is 15.4 Å². The summed E-state index contributed by atoms with van der Waals surface area (Å²) in [6.07, 6.45) is 0. The van der Waals surface area contributed by atoms with Crippen LogP contribution >= 0.6 is 50.7 Å². The normalized spacial score (nSPS) is 17.9. The van der Waals surface area contributed by atoms with E-state index in [9.17, 15) is 22.8 Å². The Morgan fingerprint density at radius 3 is 2.36 bits per heavy atom. The molecule has 0 aromatic heterocycles. The van der Waals surface area contributed by atoms with E-state index in [-0.39, 0.29) is 27.7 Å². The lowest BCUT2D eigenvalue weighted by molar-refractivity contribution is -0.117. The monoisotopic (exact) mass is 620 g/mol. The summed E-state index contributed by atoms with van der Waals surface area (Å²) in [5, 5.41) is 4.95. The van der Waals surface area contributed by atoms with Crippen LogP contribution in [0.1, 0.15) is 21.8 Å². The van der Waals surface area contributed by atoms with E-state index in [0.717, 1.165) is 12.1 Å². The van der Waals surface area contributed by atoms with Crippen LogP contribution in [0.4, 0.5) is 24.5 Å². The minimum Gasteiger partial charge on any atom is -0.492 e. The van der Waals surface area contributed by atoms with Crippen molar-refractivity contribution in [1.29, 1.82) is 0 Å². The average Bonchev–Trinajstić information content (AvgIpc) is 3.38. The minimum absolute atomic E-state index is 0.00244. The number of carbonyl (C=O) groups is 2. The number of hydrogen-bond acceptors (Lipinski definition) is 3.